The van der Waals surface area contributed by atoms with E-state index in [1.807, 2.05) is 0 Å². The Bertz CT molecular complexity index is 1350. The van der Waals surface area contributed by atoms with Crippen LogP contribution in [0.15, 0.2) is 91.0 Å². The zero-order valence-corrected chi connectivity index (χ0v) is 23.3. The van der Waals surface area contributed by atoms with Crippen LogP contribution in [-0.4, -0.2) is 72.8 Å². The van der Waals surface area contributed by atoms with Crippen molar-refractivity contribution in [3.05, 3.63) is 108 Å². The van der Waals surface area contributed by atoms with Gasteiger partial charge in [-0.15, -0.1) is 0 Å². The number of hydrogen-bond donors (Lipinski definition) is 2. The second-order valence-corrected chi connectivity index (χ2v) is 9.78. The minimum atomic E-state index is -1.29. The van der Waals surface area contributed by atoms with E-state index in [0.29, 0.717) is 18.4 Å². The molecule has 1 aliphatic heterocycles. The Labute approximate surface area is 248 Å². The summed E-state index contributed by atoms with van der Waals surface area (Å²) in [4.78, 5) is 49.9. The van der Waals surface area contributed by atoms with Gasteiger partial charge in [0.2, 0.25) is 0 Å². The number of carboxylic acids is 1. The molecule has 1 heterocycles. The summed E-state index contributed by atoms with van der Waals surface area (Å²) in [5.74, 6) is -3.02. The van der Waals surface area contributed by atoms with E-state index in [0.717, 1.165) is 0 Å². The van der Waals surface area contributed by atoms with Crippen LogP contribution in [0.25, 0.3) is 0 Å². The molecule has 11 heteroatoms. The highest BCUT2D eigenvalue weighted by Crippen LogP contribution is 2.28. The molecule has 226 valence electrons. The Hall–Kier alpha value is -4.58. The average Bonchev–Trinajstić information content (AvgIpc) is 3.03. The number of nitrogens with two attached hydrogens (primary N) is 1. The van der Waals surface area contributed by atoms with Crippen LogP contribution in [0.1, 0.15) is 50.3 Å². The van der Waals surface area contributed by atoms with Gasteiger partial charge in [-0.1, -0.05) is 54.6 Å². The predicted molar refractivity (Wildman–Crippen MR) is 152 cm³/mol. The van der Waals surface area contributed by atoms with Crippen LogP contribution in [0.5, 0.6) is 0 Å². The van der Waals surface area contributed by atoms with Gasteiger partial charge in [0.25, 0.3) is 0 Å². The summed E-state index contributed by atoms with van der Waals surface area (Å²) >= 11 is 0. The van der Waals surface area contributed by atoms with Gasteiger partial charge in [0.05, 0.1) is 22.7 Å². The summed E-state index contributed by atoms with van der Waals surface area (Å²) in [7, 11) is 0. The molecule has 0 bridgehead atoms. The number of hydrogen-bond acceptors (Lipinski definition) is 10. The molecule has 0 aromatic heterocycles. The van der Waals surface area contributed by atoms with Crippen LogP contribution in [0.2, 0.25) is 0 Å². The standard InChI is InChI=1S/C32H33NO10/c33-26-28(43-31(38)23-16-8-3-9-17-23)27(42-30(37)22-14-6-2-7-15-22)24(20-40-29(36)21-12-4-1-5-13-21)41-32(26)39-19-11-10-18-25(34)35/h1-9,12-17,24,26-28,32H,10-11,18-20,33H2,(H,34,35). The monoisotopic (exact) mass is 591 g/mol. The highest BCUT2D eigenvalue weighted by Gasteiger charge is 2.50. The van der Waals surface area contributed by atoms with E-state index in [4.69, 9.17) is 34.5 Å². The fourth-order valence-electron chi connectivity index (χ4n) is 4.42. The van der Waals surface area contributed by atoms with Crippen LogP contribution in [0, 0.1) is 0 Å². The molecule has 1 fully saturated rings. The van der Waals surface area contributed by atoms with Gasteiger partial charge in [-0.25, -0.2) is 14.4 Å². The largest absolute Gasteiger partial charge is 0.481 e. The molecular formula is C32H33NO10. The third kappa shape index (κ3) is 8.95. The van der Waals surface area contributed by atoms with Crippen LogP contribution in [0.3, 0.4) is 0 Å². The first kappa shape index (κ1) is 31.4. The molecule has 4 rings (SSSR count). The highest BCUT2D eigenvalue weighted by atomic mass is 16.7. The summed E-state index contributed by atoms with van der Waals surface area (Å²) in [6, 6.07) is 23.6. The molecule has 5 unspecified atom stereocenters. The van der Waals surface area contributed by atoms with Gasteiger partial charge < -0.3 is 34.5 Å². The summed E-state index contributed by atoms with van der Waals surface area (Å²) in [5, 5.41) is 8.90. The molecule has 0 amide bonds. The molecule has 3 N–H and O–H groups in total. The lowest BCUT2D eigenvalue weighted by molar-refractivity contribution is -0.264. The number of esters is 3. The molecule has 0 saturated carbocycles. The van der Waals surface area contributed by atoms with Crippen LogP contribution < -0.4 is 5.73 Å². The number of unbranched alkanes of at least 4 members (excludes halogenated alkanes) is 1. The normalized spacial score (nSPS) is 21.4. The van der Waals surface area contributed by atoms with Gasteiger partial charge in [0, 0.05) is 13.0 Å². The highest BCUT2D eigenvalue weighted by molar-refractivity contribution is 5.91. The summed E-state index contributed by atoms with van der Waals surface area (Å²) < 4.78 is 29.1. The van der Waals surface area contributed by atoms with Gasteiger partial charge in [-0.2, -0.15) is 0 Å². The second kappa shape index (κ2) is 15.6. The Balaban J connectivity index is 1.59. The topological polar surface area (TPSA) is 161 Å². The van der Waals surface area contributed by atoms with Crippen molar-refractivity contribution in [2.75, 3.05) is 13.2 Å². The van der Waals surface area contributed by atoms with Crippen molar-refractivity contribution in [3.8, 4) is 0 Å². The minimum absolute atomic E-state index is 0.0339. The van der Waals surface area contributed by atoms with Crippen molar-refractivity contribution in [1.29, 1.82) is 0 Å². The van der Waals surface area contributed by atoms with Crippen molar-refractivity contribution in [2.24, 2.45) is 5.73 Å². The third-order valence-corrected chi connectivity index (χ3v) is 6.65. The molecule has 3 aromatic rings. The Morgan fingerprint density at radius 2 is 1.19 bits per heavy atom. The van der Waals surface area contributed by atoms with E-state index < -0.39 is 54.5 Å². The number of carbonyl (C=O) groups excluding carboxylic acids is 3. The molecule has 0 radical (unpaired) electrons. The van der Waals surface area contributed by atoms with E-state index in [1.54, 1.807) is 91.0 Å². The van der Waals surface area contributed by atoms with Crippen LogP contribution in [0.4, 0.5) is 0 Å². The van der Waals surface area contributed by atoms with Gasteiger partial charge >= 0.3 is 23.9 Å². The lowest BCUT2D eigenvalue weighted by Gasteiger charge is -2.43. The zero-order valence-electron chi connectivity index (χ0n) is 23.3. The van der Waals surface area contributed by atoms with E-state index in [-0.39, 0.29) is 30.8 Å². The lowest BCUT2D eigenvalue weighted by Crippen LogP contribution is -2.65. The fraction of sp³-hybridized carbons (Fsp3) is 0.312. The van der Waals surface area contributed by atoms with Gasteiger partial charge in [-0.05, 0) is 49.2 Å². The smallest absolute Gasteiger partial charge is 0.338 e. The number of aliphatic carboxylic acids is 1. The molecular weight excluding hydrogens is 558 g/mol. The van der Waals surface area contributed by atoms with E-state index >= 15 is 0 Å². The number of benzene rings is 3. The van der Waals surface area contributed by atoms with Crippen molar-refractivity contribution in [3.63, 3.8) is 0 Å². The maximum absolute atomic E-state index is 13.2. The third-order valence-electron chi connectivity index (χ3n) is 6.65. The van der Waals surface area contributed by atoms with E-state index in [9.17, 15) is 19.2 Å². The minimum Gasteiger partial charge on any atom is -0.481 e. The Morgan fingerprint density at radius 3 is 1.70 bits per heavy atom. The summed E-state index contributed by atoms with van der Waals surface area (Å²) in [6.07, 6.45) is -4.13. The first-order chi connectivity index (χ1) is 20.8. The van der Waals surface area contributed by atoms with Gasteiger partial charge in [0.15, 0.2) is 18.5 Å². The second-order valence-electron chi connectivity index (χ2n) is 9.78. The molecule has 0 aliphatic carbocycles. The van der Waals surface area contributed by atoms with Crippen LogP contribution >= 0.6 is 0 Å². The quantitative estimate of drug-likeness (QED) is 0.170. The maximum Gasteiger partial charge on any atom is 0.338 e. The van der Waals surface area contributed by atoms with E-state index in [1.165, 1.54) is 0 Å². The Kier molecular flexibility index (Phi) is 11.4. The fourth-order valence-corrected chi connectivity index (χ4v) is 4.42. The first-order valence-corrected chi connectivity index (χ1v) is 13.8. The predicted octanol–water partition coefficient (Wildman–Crippen LogP) is 3.62. The molecule has 1 aliphatic rings. The molecule has 5 atom stereocenters. The summed E-state index contributed by atoms with van der Waals surface area (Å²) in [5.41, 5.74) is 7.28. The SMILES string of the molecule is NC1C(OCCCCC(=O)O)OC(COC(=O)c2ccccc2)C(OC(=O)c2ccccc2)C1OC(=O)c1ccccc1. The molecule has 1 saturated heterocycles. The zero-order chi connectivity index (χ0) is 30.6. The number of carbonyl (C=O) groups is 4. The number of rotatable bonds is 13. The number of ether oxygens (including phenoxy) is 5. The molecule has 11 nitrogen and oxygen atoms in total. The molecule has 43 heavy (non-hydrogen) atoms. The molecule has 0 spiro atoms. The van der Waals surface area contributed by atoms with Crippen molar-refractivity contribution in [2.45, 2.75) is 49.9 Å². The number of carboxylic acid groups (broad SMARTS) is 1. The summed E-state index contributed by atoms with van der Waals surface area (Å²) in [6.45, 7) is -0.290. The van der Waals surface area contributed by atoms with Crippen molar-refractivity contribution in [1.82, 2.24) is 0 Å². The lowest BCUT2D eigenvalue weighted by atomic mass is 9.96. The van der Waals surface area contributed by atoms with Gasteiger partial charge in [0.1, 0.15) is 12.7 Å². The average molecular weight is 592 g/mol. The van der Waals surface area contributed by atoms with Crippen molar-refractivity contribution >= 4 is 23.9 Å². The van der Waals surface area contributed by atoms with Crippen molar-refractivity contribution < 1.29 is 48.0 Å². The maximum atomic E-state index is 13.2. The first-order valence-electron chi connectivity index (χ1n) is 13.8. The van der Waals surface area contributed by atoms with Gasteiger partial charge in [-0.3, -0.25) is 4.79 Å². The Morgan fingerprint density at radius 1 is 0.698 bits per heavy atom. The molecule has 3 aromatic carbocycles. The van der Waals surface area contributed by atoms with Crippen LogP contribution in [-0.2, 0) is 28.5 Å². The van der Waals surface area contributed by atoms with E-state index in [2.05, 4.69) is 0 Å².